The van der Waals surface area contributed by atoms with Crippen molar-refractivity contribution in [1.29, 1.82) is 0 Å². The SMILES string of the molecule is COC1=C(OC)/C(=N\S(C)(=O)=O)C=CC1=NC(=O)C(C)(C)C. The van der Waals surface area contributed by atoms with E-state index in [1.54, 1.807) is 20.8 Å². The third-order valence-electron chi connectivity index (χ3n) is 2.61. The lowest BCUT2D eigenvalue weighted by Gasteiger charge is -2.18. The monoisotopic (exact) mass is 328 g/mol. The fourth-order valence-corrected chi connectivity index (χ4v) is 2.05. The number of rotatable bonds is 3. The molecule has 0 aromatic heterocycles. The Balaban J connectivity index is 3.43. The highest BCUT2D eigenvalue weighted by Crippen LogP contribution is 2.21. The highest BCUT2D eigenvalue weighted by Gasteiger charge is 2.27. The number of hydrogen-bond donors (Lipinski definition) is 0. The van der Waals surface area contributed by atoms with Gasteiger partial charge in [0.25, 0.3) is 15.9 Å². The van der Waals surface area contributed by atoms with Crippen molar-refractivity contribution in [3.63, 3.8) is 0 Å². The van der Waals surface area contributed by atoms with Crippen molar-refractivity contribution >= 4 is 27.4 Å². The first-order chi connectivity index (χ1) is 9.99. The first-order valence-electron chi connectivity index (χ1n) is 6.43. The summed E-state index contributed by atoms with van der Waals surface area (Å²) >= 11 is 0. The van der Waals surface area contributed by atoms with Gasteiger partial charge in [-0.1, -0.05) is 20.8 Å². The fraction of sp³-hybridized carbons (Fsp3) is 0.500. The number of allylic oxidation sites excluding steroid dienone is 2. The molecule has 0 radical (unpaired) electrons. The molecule has 0 aromatic rings. The zero-order chi connectivity index (χ0) is 17.1. The molecular weight excluding hydrogens is 308 g/mol. The van der Waals surface area contributed by atoms with Crippen LogP contribution in [0, 0.1) is 5.41 Å². The molecule has 0 atom stereocenters. The van der Waals surface area contributed by atoms with Gasteiger partial charge < -0.3 is 9.47 Å². The first kappa shape index (κ1) is 18.1. The van der Waals surface area contributed by atoms with E-state index in [-0.39, 0.29) is 28.8 Å². The summed E-state index contributed by atoms with van der Waals surface area (Å²) in [4.78, 5) is 16.0. The second-order valence-electron chi connectivity index (χ2n) is 5.66. The summed E-state index contributed by atoms with van der Waals surface area (Å²) in [7, 11) is -0.869. The molecule has 22 heavy (non-hydrogen) atoms. The van der Waals surface area contributed by atoms with Crippen molar-refractivity contribution in [1.82, 2.24) is 0 Å². The molecule has 8 heteroatoms. The Kier molecular flexibility index (Phi) is 5.29. The zero-order valence-electron chi connectivity index (χ0n) is 13.5. The lowest BCUT2D eigenvalue weighted by atomic mass is 9.96. The van der Waals surface area contributed by atoms with Crippen LogP contribution in [-0.4, -0.2) is 46.2 Å². The predicted molar refractivity (Wildman–Crippen MR) is 84.4 cm³/mol. The highest BCUT2D eigenvalue weighted by atomic mass is 32.2. The molecule has 0 unspecified atom stereocenters. The number of aliphatic imine (C=N–C) groups is 1. The average Bonchev–Trinajstić information content (AvgIpc) is 2.36. The molecule has 0 aliphatic heterocycles. The van der Waals surface area contributed by atoms with E-state index in [1.165, 1.54) is 26.4 Å². The van der Waals surface area contributed by atoms with Crippen molar-refractivity contribution in [2.24, 2.45) is 14.8 Å². The summed E-state index contributed by atoms with van der Waals surface area (Å²) in [6, 6.07) is 0. The van der Waals surface area contributed by atoms with Gasteiger partial charge in [-0.25, -0.2) is 13.4 Å². The van der Waals surface area contributed by atoms with Crippen LogP contribution in [0.2, 0.25) is 0 Å². The molecule has 1 rings (SSSR count). The number of hydrogen-bond acceptors (Lipinski definition) is 5. The molecule has 0 saturated carbocycles. The van der Waals surface area contributed by atoms with E-state index in [0.29, 0.717) is 0 Å². The maximum atomic E-state index is 12.0. The van der Waals surface area contributed by atoms with Crippen LogP contribution in [0.5, 0.6) is 0 Å². The van der Waals surface area contributed by atoms with E-state index in [2.05, 4.69) is 9.39 Å². The van der Waals surface area contributed by atoms with Crippen LogP contribution >= 0.6 is 0 Å². The Morgan fingerprint density at radius 2 is 1.50 bits per heavy atom. The summed E-state index contributed by atoms with van der Waals surface area (Å²) in [6.07, 6.45) is 3.85. The van der Waals surface area contributed by atoms with Crippen LogP contribution in [0.25, 0.3) is 0 Å². The third kappa shape index (κ3) is 4.52. The highest BCUT2D eigenvalue weighted by molar-refractivity contribution is 7.89. The van der Waals surface area contributed by atoms with Gasteiger partial charge in [-0.15, -0.1) is 0 Å². The first-order valence-corrected chi connectivity index (χ1v) is 8.28. The Labute approximate surface area is 130 Å². The second kappa shape index (κ2) is 6.43. The molecular formula is C14H20N2O5S. The lowest BCUT2D eigenvalue weighted by Crippen LogP contribution is -2.23. The number of nitrogens with zero attached hydrogens (tertiary/aromatic N) is 2. The fourth-order valence-electron chi connectivity index (χ4n) is 1.55. The third-order valence-corrected chi connectivity index (χ3v) is 3.13. The Bertz CT molecular complexity index is 691. The van der Waals surface area contributed by atoms with E-state index >= 15 is 0 Å². The molecule has 7 nitrogen and oxygen atoms in total. The normalized spacial score (nSPS) is 19.7. The number of carbonyl (C=O) groups is 1. The Morgan fingerprint density at radius 1 is 1.05 bits per heavy atom. The van der Waals surface area contributed by atoms with E-state index in [4.69, 9.17) is 9.47 Å². The molecule has 0 N–H and O–H groups in total. The number of sulfonamides is 1. The van der Waals surface area contributed by atoms with Crippen molar-refractivity contribution in [2.75, 3.05) is 20.5 Å². The largest absolute Gasteiger partial charge is 0.491 e. The number of carbonyl (C=O) groups excluding carboxylic acids is 1. The van der Waals surface area contributed by atoms with Crippen LogP contribution in [0.1, 0.15) is 20.8 Å². The van der Waals surface area contributed by atoms with Gasteiger partial charge in [-0.05, 0) is 12.2 Å². The zero-order valence-corrected chi connectivity index (χ0v) is 14.3. The van der Waals surface area contributed by atoms with E-state index in [0.717, 1.165) is 6.26 Å². The van der Waals surface area contributed by atoms with Gasteiger partial charge in [0.2, 0.25) is 0 Å². The summed E-state index contributed by atoms with van der Waals surface area (Å²) in [5.41, 5.74) is -0.302. The molecule has 0 spiro atoms. The van der Waals surface area contributed by atoms with Crippen LogP contribution in [-0.2, 0) is 24.3 Å². The second-order valence-corrected chi connectivity index (χ2v) is 7.31. The van der Waals surface area contributed by atoms with E-state index < -0.39 is 15.4 Å². The minimum Gasteiger partial charge on any atom is -0.491 e. The molecule has 1 aliphatic carbocycles. The molecule has 0 fully saturated rings. The van der Waals surface area contributed by atoms with Gasteiger partial charge in [0.1, 0.15) is 11.4 Å². The van der Waals surface area contributed by atoms with Crippen molar-refractivity contribution in [2.45, 2.75) is 20.8 Å². The summed E-state index contributed by atoms with van der Waals surface area (Å²) in [6.45, 7) is 5.24. The van der Waals surface area contributed by atoms with Crippen molar-refractivity contribution in [3.8, 4) is 0 Å². The van der Waals surface area contributed by atoms with Gasteiger partial charge >= 0.3 is 0 Å². The van der Waals surface area contributed by atoms with Gasteiger partial charge in [-0.2, -0.15) is 4.40 Å². The maximum absolute atomic E-state index is 12.0. The number of ether oxygens (including phenoxy) is 2. The van der Waals surface area contributed by atoms with Crippen molar-refractivity contribution in [3.05, 3.63) is 23.7 Å². The van der Waals surface area contributed by atoms with Crippen molar-refractivity contribution < 1.29 is 22.7 Å². The summed E-state index contributed by atoms with van der Waals surface area (Å²) in [5, 5.41) is 0. The van der Waals surface area contributed by atoms with Gasteiger partial charge in [0.05, 0.1) is 20.5 Å². The minimum atomic E-state index is -3.60. The molecule has 0 heterocycles. The van der Waals surface area contributed by atoms with Gasteiger partial charge in [-0.3, -0.25) is 4.79 Å². The molecule has 0 aromatic carbocycles. The van der Waals surface area contributed by atoms with Crippen LogP contribution in [0.4, 0.5) is 0 Å². The summed E-state index contributed by atoms with van der Waals surface area (Å²) in [5.74, 6) is -0.0680. The van der Waals surface area contributed by atoms with E-state index in [1.807, 2.05) is 0 Å². The van der Waals surface area contributed by atoms with Crippen LogP contribution in [0.15, 0.2) is 33.1 Å². The number of methoxy groups -OCH3 is 2. The lowest BCUT2D eigenvalue weighted by molar-refractivity contribution is -0.124. The Morgan fingerprint density at radius 3 is 1.91 bits per heavy atom. The average molecular weight is 328 g/mol. The Hall–Kier alpha value is -1.96. The summed E-state index contributed by atoms with van der Waals surface area (Å²) < 4.78 is 36.6. The van der Waals surface area contributed by atoms with Gasteiger partial charge in [0.15, 0.2) is 11.5 Å². The molecule has 0 bridgehead atoms. The number of amides is 1. The standard InChI is InChI=1S/C14H20N2O5S/c1-14(2,3)13(17)15-9-7-8-10(16-22(6,18)19)12(21-5)11(9)20-4/h7-8H,1-6H3/b15-9?,16-10-. The molecule has 122 valence electrons. The molecule has 0 saturated heterocycles. The maximum Gasteiger partial charge on any atom is 0.251 e. The molecule has 1 amide bonds. The topological polar surface area (TPSA) is 94.4 Å². The van der Waals surface area contributed by atoms with Gasteiger partial charge in [0, 0.05) is 5.41 Å². The van der Waals surface area contributed by atoms with Crippen LogP contribution < -0.4 is 0 Å². The van der Waals surface area contributed by atoms with E-state index in [9.17, 15) is 13.2 Å². The molecule has 1 aliphatic rings. The minimum absolute atomic E-state index is 0.0870. The quantitative estimate of drug-likeness (QED) is 0.731. The van der Waals surface area contributed by atoms with Crippen LogP contribution in [0.3, 0.4) is 0 Å². The predicted octanol–water partition coefficient (Wildman–Crippen LogP) is 1.47. The smallest absolute Gasteiger partial charge is 0.251 e.